The second-order valence-electron chi connectivity index (χ2n) is 6.47. The standard InChI is InChI=1S/C17H20O3/c1-10-4-6-11(7-5-10)12-8-13-15-16(14(9-12)18-13)20-17(2,3)19-15/h4-8,13-16H,9H2,1-3H3/t13-,14+,15-,16+/m0/s1. The summed E-state index contributed by atoms with van der Waals surface area (Å²) in [6.45, 7) is 6.07. The summed E-state index contributed by atoms with van der Waals surface area (Å²) in [6.07, 6.45) is 3.37. The van der Waals surface area contributed by atoms with E-state index in [1.807, 2.05) is 13.8 Å². The van der Waals surface area contributed by atoms with E-state index in [2.05, 4.69) is 37.3 Å². The van der Waals surface area contributed by atoms with Crippen LogP contribution in [-0.4, -0.2) is 30.2 Å². The maximum absolute atomic E-state index is 6.01. The second-order valence-corrected chi connectivity index (χ2v) is 6.47. The van der Waals surface area contributed by atoms with E-state index < -0.39 is 5.79 Å². The third-order valence-electron chi connectivity index (χ3n) is 4.39. The molecule has 3 nitrogen and oxygen atoms in total. The zero-order valence-corrected chi connectivity index (χ0v) is 12.1. The van der Waals surface area contributed by atoms with Crippen LogP contribution in [0.4, 0.5) is 0 Å². The Bertz CT molecular complexity index is 558. The third kappa shape index (κ3) is 1.93. The molecule has 1 aromatic carbocycles. The van der Waals surface area contributed by atoms with Gasteiger partial charge in [0.1, 0.15) is 18.3 Å². The highest BCUT2D eigenvalue weighted by molar-refractivity contribution is 5.68. The van der Waals surface area contributed by atoms with Gasteiger partial charge in [-0.15, -0.1) is 0 Å². The van der Waals surface area contributed by atoms with Crippen LogP contribution in [0.5, 0.6) is 0 Å². The summed E-state index contributed by atoms with van der Waals surface area (Å²) in [4.78, 5) is 0. The lowest BCUT2D eigenvalue weighted by Crippen LogP contribution is -2.30. The Hall–Kier alpha value is -1.16. The number of rotatable bonds is 1. The summed E-state index contributed by atoms with van der Waals surface area (Å²) in [5.74, 6) is -0.481. The fourth-order valence-corrected chi connectivity index (χ4v) is 3.48. The summed E-state index contributed by atoms with van der Waals surface area (Å²) in [7, 11) is 0. The van der Waals surface area contributed by atoms with E-state index in [0.717, 1.165) is 6.42 Å². The van der Waals surface area contributed by atoms with Crippen LogP contribution in [-0.2, 0) is 14.2 Å². The minimum Gasteiger partial charge on any atom is -0.365 e. The number of hydrogen-bond donors (Lipinski definition) is 0. The molecule has 0 saturated carbocycles. The van der Waals surface area contributed by atoms with Gasteiger partial charge in [0.25, 0.3) is 0 Å². The molecule has 0 aromatic heterocycles. The lowest BCUT2D eigenvalue weighted by Gasteiger charge is -2.27. The highest BCUT2D eigenvalue weighted by Crippen LogP contribution is 2.45. The van der Waals surface area contributed by atoms with Crippen molar-refractivity contribution in [2.24, 2.45) is 0 Å². The normalized spacial score (nSPS) is 37.6. The Kier molecular flexibility index (Phi) is 2.62. The lowest BCUT2D eigenvalue weighted by molar-refractivity contribution is -0.182. The van der Waals surface area contributed by atoms with Gasteiger partial charge in [-0.1, -0.05) is 29.8 Å². The van der Waals surface area contributed by atoms with Crippen molar-refractivity contribution in [3.63, 3.8) is 0 Å². The van der Waals surface area contributed by atoms with Gasteiger partial charge in [-0.05, 0) is 38.0 Å². The van der Waals surface area contributed by atoms with Crippen LogP contribution in [0.1, 0.15) is 31.4 Å². The minimum atomic E-state index is -0.481. The van der Waals surface area contributed by atoms with Gasteiger partial charge in [-0.2, -0.15) is 0 Å². The molecule has 106 valence electrons. The molecule has 3 heteroatoms. The van der Waals surface area contributed by atoms with Gasteiger partial charge >= 0.3 is 0 Å². The molecule has 0 N–H and O–H groups in total. The highest BCUT2D eigenvalue weighted by atomic mass is 16.8. The molecule has 0 spiro atoms. The number of aryl methyl sites for hydroxylation is 1. The summed E-state index contributed by atoms with van der Waals surface area (Å²) in [5.41, 5.74) is 3.92. The van der Waals surface area contributed by atoms with Gasteiger partial charge in [0.05, 0.1) is 6.10 Å². The first-order valence-electron chi connectivity index (χ1n) is 7.31. The maximum Gasteiger partial charge on any atom is 0.164 e. The van der Waals surface area contributed by atoms with Gasteiger partial charge in [0.15, 0.2) is 5.79 Å². The largest absolute Gasteiger partial charge is 0.365 e. The van der Waals surface area contributed by atoms with Crippen LogP contribution >= 0.6 is 0 Å². The molecule has 4 atom stereocenters. The van der Waals surface area contributed by atoms with Crippen molar-refractivity contribution >= 4 is 5.57 Å². The quantitative estimate of drug-likeness (QED) is 0.786. The minimum absolute atomic E-state index is 0.0248. The molecule has 0 unspecified atom stereocenters. The van der Waals surface area contributed by atoms with E-state index in [-0.39, 0.29) is 24.4 Å². The van der Waals surface area contributed by atoms with Crippen LogP contribution in [0.3, 0.4) is 0 Å². The zero-order chi connectivity index (χ0) is 13.9. The van der Waals surface area contributed by atoms with E-state index in [1.165, 1.54) is 16.7 Å². The Balaban J connectivity index is 1.63. The van der Waals surface area contributed by atoms with Gasteiger partial charge < -0.3 is 14.2 Å². The van der Waals surface area contributed by atoms with Gasteiger partial charge in [-0.3, -0.25) is 0 Å². The fourth-order valence-electron chi connectivity index (χ4n) is 3.48. The van der Waals surface area contributed by atoms with Crippen molar-refractivity contribution in [1.82, 2.24) is 0 Å². The molecule has 4 rings (SSSR count). The monoisotopic (exact) mass is 272 g/mol. The molecule has 3 aliphatic heterocycles. The van der Waals surface area contributed by atoms with Gasteiger partial charge in [-0.25, -0.2) is 0 Å². The van der Waals surface area contributed by atoms with Crippen LogP contribution in [0, 0.1) is 6.92 Å². The van der Waals surface area contributed by atoms with E-state index in [0.29, 0.717) is 0 Å². The summed E-state index contributed by atoms with van der Waals surface area (Å²) in [5, 5.41) is 0. The fraction of sp³-hybridized carbons (Fsp3) is 0.529. The molecule has 0 radical (unpaired) electrons. The first-order chi connectivity index (χ1) is 9.52. The molecule has 0 aliphatic carbocycles. The van der Waals surface area contributed by atoms with E-state index in [4.69, 9.17) is 14.2 Å². The van der Waals surface area contributed by atoms with Crippen molar-refractivity contribution in [3.8, 4) is 0 Å². The van der Waals surface area contributed by atoms with Crippen molar-refractivity contribution in [2.75, 3.05) is 0 Å². The SMILES string of the molecule is Cc1ccc(C2=C[C@@H]3O[C@H](C2)[C@H]2OC(C)(C)O[C@H]23)cc1. The molecule has 20 heavy (non-hydrogen) atoms. The molecule has 2 saturated heterocycles. The average molecular weight is 272 g/mol. The summed E-state index contributed by atoms with van der Waals surface area (Å²) < 4.78 is 18.0. The Morgan fingerprint density at radius 2 is 1.75 bits per heavy atom. The van der Waals surface area contributed by atoms with Crippen molar-refractivity contribution in [1.29, 1.82) is 0 Å². The molecule has 1 aromatic rings. The van der Waals surface area contributed by atoms with Crippen molar-refractivity contribution in [3.05, 3.63) is 41.5 Å². The van der Waals surface area contributed by atoms with Crippen molar-refractivity contribution < 1.29 is 14.2 Å². The Morgan fingerprint density at radius 3 is 2.50 bits per heavy atom. The number of fused-ring (bicyclic) bond motifs is 5. The zero-order valence-electron chi connectivity index (χ0n) is 12.1. The van der Waals surface area contributed by atoms with Crippen LogP contribution in [0.2, 0.25) is 0 Å². The summed E-state index contributed by atoms with van der Waals surface area (Å²) >= 11 is 0. The average Bonchev–Trinajstić information content (AvgIpc) is 2.84. The van der Waals surface area contributed by atoms with Crippen LogP contribution < -0.4 is 0 Å². The second kappa shape index (κ2) is 4.17. The van der Waals surface area contributed by atoms with Crippen molar-refractivity contribution in [2.45, 2.75) is 57.4 Å². The topological polar surface area (TPSA) is 27.7 Å². The molecule has 3 aliphatic rings. The Morgan fingerprint density at radius 1 is 1.05 bits per heavy atom. The maximum atomic E-state index is 6.01. The van der Waals surface area contributed by atoms with Gasteiger partial charge in [0.2, 0.25) is 0 Å². The van der Waals surface area contributed by atoms with Crippen LogP contribution in [0.25, 0.3) is 5.57 Å². The lowest BCUT2D eigenvalue weighted by atomic mass is 9.97. The molecular weight excluding hydrogens is 252 g/mol. The predicted molar refractivity (Wildman–Crippen MR) is 76.3 cm³/mol. The smallest absolute Gasteiger partial charge is 0.164 e. The molecule has 2 bridgehead atoms. The molecule has 0 amide bonds. The highest BCUT2D eigenvalue weighted by Gasteiger charge is 2.56. The number of ether oxygens (including phenoxy) is 3. The Labute approximate surface area is 119 Å². The van der Waals surface area contributed by atoms with Gasteiger partial charge in [0, 0.05) is 6.42 Å². The molecule has 3 heterocycles. The van der Waals surface area contributed by atoms with Crippen LogP contribution in [0.15, 0.2) is 30.3 Å². The van der Waals surface area contributed by atoms with E-state index in [9.17, 15) is 0 Å². The number of benzene rings is 1. The van der Waals surface area contributed by atoms with E-state index >= 15 is 0 Å². The van der Waals surface area contributed by atoms with E-state index in [1.54, 1.807) is 0 Å². The molecule has 2 fully saturated rings. The number of hydrogen-bond acceptors (Lipinski definition) is 3. The predicted octanol–water partition coefficient (Wildman–Crippen LogP) is 3.07. The molecular formula is C17H20O3. The summed E-state index contributed by atoms with van der Waals surface area (Å²) in [6, 6.07) is 8.69. The first-order valence-corrected chi connectivity index (χ1v) is 7.31. The first kappa shape index (κ1) is 12.6. The third-order valence-corrected chi connectivity index (χ3v) is 4.39.